The zero-order valence-corrected chi connectivity index (χ0v) is 11.3. The third-order valence-corrected chi connectivity index (χ3v) is 5.72. The van der Waals surface area contributed by atoms with Gasteiger partial charge in [-0.3, -0.25) is 0 Å². The Morgan fingerprint density at radius 1 is 1.44 bits per heavy atom. The summed E-state index contributed by atoms with van der Waals surface area (Å²) < 4.78 is 26.1. The Balaban J connectivity index is 3.08. The lowest BCUT2D eigenvalue weighted by atomic mass is 10.4. The maximum absolute atomic E-state index is 12.2. The van der Waals surface area contributed by atoms with Crippen LogP contribution in [0.1, 0.15) is 18.7 Å². The van der Waals surface area contributed by atoms with Crippen molar-refractivity contribution in [3.8, 4) is 0 Å². The van der Waals surface area contributed by atoms with E-state index in [2.05, 4.69) is 0 Å². The number of aryl methyl sites for hydroxylation is 1. The number of aliphatic hydroxyl groups is 1. The first-order valence-corrected chi connectivity index (χ1v) is 7.34. The minimum atomic E-state index is -3.45. The lowest BCUT2D eigenvalue weighted by molar-refractivity contribution is 0.237. The zero-order chi connectivity index (χ0) is 12.3. The van der Waals surface area contributed by atoms with Crippen LogP contribution in [0.25, 0.3) is 0 Å². The van der Waals surface area contributed by atoms with Crippen molar-refractivity contribution in [2.75, 3.05) is 13.2 Å². The molecule has 1 rings (SSSR count). The third-order valence-electron chi connectivity index (χ3n) is 2.18. The predicted octanol–water partition coefficient (Wildman–Crippen LogP) is 1.45. The van der Waals surface area contributed by atoms with Gasteiger partial charge in [-0.25, -0.2) is 8.42 Å². The van der Waals surface area contributed by atoms with E-state index in [1.165, 1.54) is 15.6 Å². The van der Waals surface area contributed by atoms with Crippen LogP contribution >= 0.6 is 11.3 Å². The van der Waals surface area contributed by atoms with E-state index in [-0.39, 0.29) is 19.2 Å². The van der Waals surface area contributed by atoms with Gasteiger partial charge in [0.25, 0.3) is 10.0 Å². The van der Waals surface area contributed by atoms with Crippen LogP contribution in [0.2, 0.25) is 0 Å². The van der Waals surface area contributed by atoms with Gasteiger partial charge >= 0.3 is 0 Å². The average molecular weight is 263 g/mol. The van der Waals surface area contributed by atoms with Crippen molar-refractivity contribution in [2.24, 2.45) is 0 Å². The highest BCUT2D eigenvalue weighted by molar-refractivity contribution is 7.91. The van der Waals surface area contributed by atoms with E-state index in [1.807, 2.05) is 6.92 Å². The molecule has 6 heteroatoms. The summed E-state index contributed by atoms with van der Waals surface area (Å²) >= 11 is 1.26. The van der Waals surface area contributed by atoms with Crippen molar-refractivity contribution in [3.63, 3.8) is 0 Å². The Morgan fingerprint density at radius 2 is 2.06 bits per heavy atom. The molecule has 0 radical (unpaired) electrons. The molecule has 0 spiro atoms. The molecule has 0 amide bonds. The van der Waals surface area contributed by atoms with E-state index in [0.29, 0.717) is 4.21 Å². The van der Waals surface area contributed by atoms with Crippen LogP contribution in [-0.2, 0) is 10.0 Å². The highest BCUT2D eigenvalue weighted by atomic mass is 32.2. The molecule has 0 fully saturated rings. The van der Waals surface area contributed by atoms with Gasteiger partial charge in [-0.1, -0.05) is 0 Å². The fourth-order valence-electron chi connectivity index (χ4n) is 1.42. The van der Waals surface area contributed by atoms with E-state index in [1.54, 1.807) is 26.0 Å². The molecule has 0 saturated carbocycles. The minimum Gasteiger partial charge on any atom is -0.395 e. The first-order chi connectivity index (χ1) is 7.39. The summed E-state index contributed by atoms with van der Waals surface area (Å²) in [4.78, 5) is 0.964. The van der Waals surface area contributed by atoms with Gasteiger partial charge in [-0.15, -0.1) is 11.3 Å². The van der Waals surface area contributed by atoms with Crippen LogP contribution in [0, 0.1) is 6.92 Å². The average Bonchev–Trinajstić information content (AvgIpc) is 2.61. The monoisotopic (exact) mass is 263 g/mol. The number of thiophene rings is 1. The molecule has 1 heterocycles. The molecule has 1 N–H and O–H groups in total. The number of rotatable bonds is 5. The number of nitrogens with zero attached hydrogens (tertiary/aromatic N) is 1. The van der Waals surface area contributed by atoms with Gasteiger partial charge < -0.3 is 5.11 Å². The maximum atomic E-state index is 12.2. The Bertz CT molecular complexity index is 437. The van der Waals surface area contributed by atoms with Crippen molar-refractivity contribution in [3.05, 3.63) is 17.0 Å². The molecule has 0 aromatic carbocycles. The molecule has 92 valence electrons. The summed E-state index contributed by atoms with van der Waals surface area (Å²) in [5.74, 6) is 0. The summed E-state index contributed by atoms with van der Waals surface area (Å²) in [5.41, 5.74) is 0. The fraction of sp³-hybridized carbons (Fsp3) is 0.600. The lowest BCUT2D eigenvalue weighted by Gasteiger charge is -2.24. The molecular formula is C10H17NO3S2. The van der Waals surface area contributed by atoms with Gasteiger partial charge in [0.05, 0.1) is 6.61 Å². The van der Waals surface area contributed by atoms with Gasteiger partial charge in [0.15, 0.2) is 0 Å². The second-order valence-corrected chi connectivity index (χ2v) is 7.20. The number of aliphatic hydroxyl groups excluding tert-OH is 1. The van der Waals surface area contributed by atoms with E-state index in [0.717, 1.165) is 4.88 Å². The van der Waals surface area contributed by atoms with Crippen LogP contribution < -0.4 is 0 Å². The Hall–Kier alpha value is -0.430. The second kappa shape index (κ2) is 5.27. The van der Waals surface area contributed by atoms with Gasteiger partial charge in [0, 0.05) is 17.5 Å². The summed E-state index contributed by atoms with van der Waals surface area (Å²) in [6, 6.07) is 3.25. The molecule has 4 nitrogen and oxygen atoms in total. The summed E-state index contributed by atoms with van der Waals surface area (Å²) in [6.07, 6.45) is 0. The molecule has 0 saturated heterocycles. The normalized spacial score (nSPS) is 12.6. The maximum Gasteiger partial charge on any atom is 0.252 e. The number of sulfonamides is 1. The standard InChI is InChI=1S/C10H17NO3S2/c1-8(2)11(6-7-12)16(13,14)10-5-4-9(3)15-10/h4-5,8,12H,6-7H2,1-3H3. The third kappa shape index (κ3) is 2.82. The largest absolute Gasteiger partial charge is 0.395 e. The molecule has 0 aliphatic carbocycles. The van der Waals surface area contributed by atoms with Crippen LogP contribution in [0.4, 0.5) is 0 Å². The van der Waals surface area contributed by atoms with E-state index >= 15 is 0 Å². The molecule has 1 aromatic rings. The van der Waals surface area contributed by atoms with Crippen molar-refractivity contribution in [2.45, 2.75) is 31.0 Å². The lowest BCUT2D eigenvalue weighted by Crippen LogP contribution is -2.38. The van der Waals surface area contributed by atoms with E-state index in [9.17, 15) is 8.42 Å². The molecule has 0 atom stereocenters. The molecule has 16 heavy (non-hydrogen) atoms. The zero-order valence-electron chi connectivity index (χ0n) is 9.67. The molecular weight excluding hydrogens is 246 g/mol. The van der Waals surface area contributed by atoms with Gasteiger partial charge in [-0.2, -0.15) is 4.31 Å². The van der Waals surface area contributed by atoms with Gasteiger partial charge in [0.1, 0.15) is 4.21 Å². The minimum absolute atomic E-state index is 0.136. The topological polar surface area (TPSA) is 57.6 Å². The molecule has 0 aliphatic rings. The first kappa shape index (κ1) is 13.6. The van der Waals surface area contributed by atoms with Crippen molar-refractivity contribution < 1.29 is 13.5 Å². The molecule has 1 aromatic heterocycles. The Morgan fingerprint density at radius 3 is 2.44 bits per heavy atom. The fourth-order valence-corrected chi connectivity index (χ4v) is 4.46. The van der Waals surface area contributed by atoms with Gasteiger partial charge in [-0.05, 0) is 32.9 Å². The SMILES string of the molecule is Cc1ccc(S(=O)(=O)N(CCO)C(C)C)s1. The van der Waals surface area contributed by atoms with Crippen molar-refractivity contribution in [1.29, 1.82) is 0 Å². The summed E-state index contributed by atoms with van der Waals surface area (Å²) in [6.45, 7) is 5.44. The van der Waals surface area contributed by atoms with Crippen molar-refractivity contribution >= 4 is 21.4 Å². The highest BCUT2D eigenvalue weighted by Crippen LogP contribution is 2.25. The number of hydrogen-bond acceptors (Lipinski definition) is 4. The van der Waals surface area contributed by atoms with Crippen LogP contribution in [0.15, 0.2) is 16.3 Å². The Labute approximate surface area is 101 Å². The molecule has 0 unspecified atom stereocenters. The summed E-state index contributed by atoms with van der Waals surface area (Å²) in [7, 11) is -3.45. The van der Waals surface area contributed by atoms with Crippen LogP contribution in [0.3, 0.4) is 0 Å². The molecule has 0 bridgehead atoms. The summed E-state index contributed by atoms with van der Waals surface area (Å²) in [5, 5.41) is 8.90. The predicted molar refractivity (Wildman–Crippen MR) is 65.2 cm³/mol. The quantitative estimate of drug-likeness (QED) is 0.874. The first-order valence-electron chi connectivity index (χ1n) is 5.08. The number of hydrogen-bond donors (Lipinski definition) is 1. The van der Waals surface area contributed by atoms with E-state index in [4.69, 9.17) is 5.11 Å². The smallest absolute Gasteiger partial charge is 0.252 e. The Kier molecular flexibility index (Phi) is 4.49. The van der Waals surface area contributed by atoms with E-state index < -0.39 is 10.0 Å². The van der Waals surface area contributed by atoms with Crippen LogP contribution in [0.5, 0.6) is 0 Å². The molecule has 0 aliphatic heterocycles. The second-order valence-electron chi connectivity index (χ2n) is 3.80. The van der Waals surface area contributed by atoms with Crippen molar-refractivity contribution in [1.82, 2.24) is 4.31 Å². The highest BCUT2D eigenvalue weighted by Gasteiger charge is 2.27. The van der Waals surface area contributed by atoms with Gasteiger partial charge in [0.2, 0.25) is 0 Å². The van der Waals surface area contributed by atoms with Crippen LogP contribution in [-0.4, -0.2) is 37.0 Å².